The first kappa shape index (κ1) is 14.6. The highest BCUT2D eigenvalue weighted by atomic mass is 35.5. The van der Waals surface area contributed by atoms with Gasteiger partial charge in [0.05, 0.1) is 0 Å². The first-order valence-electron chi connectivity index (χ1n) is 7.07. The first-order valence-corrected chi connectivity index (χ1v) is 7.45. The number of rotatable bonds is 3. The van der Waals surface area contributed by atoms with Crippen molar-refractivity contribution in [1.29, 1.82) is 0 Å². The van der Waals surface area contributed by atoms with E-state index in [0.29, 0.717) is 10.6 Å². The van der Waals surface area contributed by atoms with Gasteiger partial charge in [-0.15, -0.1) is 0 Å². The van der Waals surface area contributed by atoms with Gasteiger partial charge in [-0.3, -0.25) is 0 Å². The van der Waals surface area contributed by atoms with Crippen LogP contribution < -0.4 is 5.32 Å². The van der Waals surface area contributed by atoms with Crippen molar-refractivity contribution in [2.45, 2.75) is 58.8 Å². The fourth-order valence-electron chi connectivity index (χ4n) is 2.55. The fourth-order valence-corrected chi connectivity index (χ4v) is 2.74. The van der Waals surface area contributed by atoms with Crippen molar-refractivity contribution in [1.82, 2.24) is 9.97 Å². The van der Waals surface area contributed by atoms with Crippen LogP contribution >= 0.6 is 11.6 Å². The largest absolute Gasteiger partial charge is 0.369 e. The summed E-state index contributed by atoms with van der Waals surface area (Å²) >= 11 is 6.10. The molecular formula is C15H24ClN3. The van der Waals surface area contributed by atoms with Gasteiger partial charge in [0.2, 0.25) is 0 Å². The van der Waals surface area contributed by atoms with E-state index < -0.39 is 0 Å². The van der Waals surface area contributed by atoms with Crippen LogP contribution in [0.2, 0.25) is 5.15 Å². The lowest BCUT2D eigenvalue weighted by molar-refractivity contribution is 0.361. The van der Waals surface area contributed by atoms with Crippen LogP contribution in [0.15, 0.2) is 6.07 Å². The minimum Gasteiger partial charge on any atom is -0.369 e. The molecule has 0 saturated heterocycles. The smallest absolute Gasteiger partial charge is 0.137 e. The molecule has 0 radical (unpaired) electrons. The Morgan fingerprint density at radius 1 is 1.26 bits per heavy atom. The summed E-state index contributed by atoms with van der Waals surface area (Å²) in [4.78, 5) is 8.91. The van der Waals surface area contributed by atoms with Gasteiger partial charge in [0, 0.05) is 18.0 Å². The molecule has 19 heavy (non-hydrogen) atoms. The van der Waals surface area contributed by atoms with E-state index in [1.807, 2.05) is 6.07 Å². The van der Waals surface area contributed by atoms with Crippen LogP contribution in [0.25, 0.3) is 0 Å². The number of hydrogen-bond acceptors (Lipinski definition) is 3. The number of nitrogens with zero attached hydrogens (tertiary/aromatic N) is 2. The minimum absolute atomic E-state index is 0.0847. The number of aromatic nitrogens is 2. The van der Waals surface area contributed by atoms with E-state index in [1.165, 1.54) is 25.7 Å². The van der Waals surface area contributed by atoms with Crippen molar-refractivity contribution in [3.8, 4) is 0 Å². The number of anilines is 1. The molecule has 0 unspecified atom stereocenters. The summed E-state index contributed by atoms with van der Waals surface area (Å²) in [5.74, 6) is 1.64. The van der Waals surface area contributed by atoms with Gasteiger partial charge in [-0.1, -0.05) is 52.1 Å². The second-order valence-electron chi connectivity index (χ2n) is 7.02. The molecule has 1 saturated carbocycles. The van der Waals surface area contributed by atoms with Crippen molar-refractivity contribution >= 4 is 17.4 Å². The van der Waals surface area contributed by atoms with Gasteiger partial charge in [0.25, 0.3) is 0 Å². The van der Waals surface area contributed by atoms with Gasteiger partial charge in [-0.25, -0.2) is 9.97 Å². The van der Waals surface area contributed by atoms with Crippen LogP contribution in [0.4, 0.5) is 5.82 Å². The highest BCUT2D eigenvalue weighted by molar-refractivity contribution is 6.29. The zero-order valence-electron chi connectivity index (χ0n) is 12.4. The first-order chi connectivity index (χ1) is 8.78. The molecule has 0 amide bonds. The Hall–Kier alpha value is -0.830. The Labute approximate surface area is 121 Å². The van der Waals surface area contributed by atoms with Gasteiger partial charge >= 0.3 is 0 Å². The number of nitrogens with one attached hydrogen (secondary N) is 1. The molecule has 4 heteroatoms. The molecule has 0 bridgehead atoms. The summed E-state index contributed by atoms with van der Waals surface area (Å²) in [6.45, 7) is 9.60. The van der Waals surface area contributed by atoms with Gasteiger partial charge in [-0.2, -0.15) is 0 Å². The lowest BCUT2D eigenvalue weighted by Gasteiger charge is -2.24. The maximum absolute atomic E-state index is 6.10. The molecule has 0 spiro atoms. The van der Waals surface area contributed by atoms with Crippen molar-refractivity contribution in [3.05, 3.63) is 17.0 Å². The summed E-state index contributed by atoms with van der Waals surface area (Å²) in [5, 5.41) is 3.96. The second-order valence-corrected chi connectivity index (χ2v) is 7.41. The van der Waals surface area contributed by atoms with E-state index in [-0.39, 0.29) is 5.41 Å². The normalized spacial score (nSPS) is 18.6. The minimum atomic E-state index is -0.0847. The molecular weight excluding hydrogens is 258 g/mol. The Morgan fingerprint density at radius 3 is 2.47 bits per heavy atom. The third-order valence-electron chi connectivity index (χ3n) is 3.87. The van der Waals surface area contributed by atoms with E-state index in [9.17, 15) is 0 Å². The molecule has 0 atom stereocenters. The molecule has 1 N–H and O–H groups in total. The van der Waals surface area contributed by atoms with Crippen LogP contribution in [0, 0.1) is 5.41 Å². The predicted octanol–water partition coefficient (Wildman–Crippen LogP) is 4.42. The predicted molar refractivity (Wildman–Crippen MR) is 80.8 cm³/mol. The molecule has 106 valence electrons. The Balaban J connectivity index is 2.10. The Bertz CT molecular complexity index is 445. The number of halogens is 1. The molecule has 1 fully saturated rings. The summed E-state index contributed by atoms with van der Waals surface area (Å²) in [7, 11) is 0. The van der Waals surface area contributed by atoms with Crippen molar-refractivity contribution < 1.29 is 0 Å². The van der Waals surface area contributed by atoms with Gasteiger partial charge in [0.15, 0.2) is 0 Å². The maximum atomic E-state index is 6.10. The molecule has 0 aromatic carbocycles. The molecule has 3 nitrogen and oxygen atoms in total. The third-order valence-corrected chi connectivity index (χ3v) is 4.07. The topological polar surface area (TPSA) is 37.8 Å². The van der Waals surface area contributed by atoms with E-state index in [0.717, 1.165) is 18.2 Å². The van der Waals surface area contributed by atoms with Crippen LogP contribution in [0.5, 0.6) is 0 Å². The molecule has 1 aliphatic rings. The maximum Gasteiger partial charge on any atom is 0.137 e. The molecule has 2 rings (SSSR count). The van der Waals surface area contributed by atoms with Crippen LogP contribution in [-0.4, -0.2) is 16.5 Å². The third kappa shape index (κ3) is 3.82. The SMILES string of the molecule is CC1(CNc2cc(Cl)nc(C(C)(C)C)n2)CCCC1. The summed E-state index contributed by atoms with van der Waals surface area (Å²) in [5.41, 5.74) is 0.317. The molecule has 1 aromatic rings. The fraction of sp³-hybridized carbons (Fsp3) is 0.733. The van der Waals surface area contributed by atoms with Gasteiger partial charge in [0.1, 0.15) is 16.8 Å². The molecule has 0 aliphatic heterocycles. The van der Waals surface area contributed by atoms with E-state index in [1.54, 1.807) is 0 Å². The summed E-state index contributed by atoms with van der Waals surface area (Å²) < 4.78 is 0. The summed E-state index contributed by atoms with van der Waals surface area (Å²) in [6, 6.07) is 1.81. The van der Waals surface area contributed by atoms with E-state index >= 15 is 0 Å². The van der Waals surface area contributed by atoms with Crippen molar-refractivity contribution in [2.24, 2.45) is 5.41 Å². The Morgan fingerprint density at radius 2 is 1.89 bits per heavy atom. The monoisotopic (exact) mass is 281 g/mol. The van der Waals surface area contributed by atoms with Gasteiger partial charge < -0.3 is 5.32 Å². The second kappa shape index (κ2) is 5.28. The van der Waals surface area contributed by atoms with Crippen molar-refractivity contribution in [3.63, 3.8) is 0 Å². The zero-order chi connectivity index (χ0) is 14.1. The quantitative estimate of drug-likeness (QED) is 0.834. The standard InChI is InChI=1S/C15H24ClN3/c1-14(2,3)13-18-11(16)9-12(19-13)17-10-15(4)7-5-6-8-15/h9H,5-8,10H2,1-4H3,(H,17,18,19). The van der Waals surface area contributed by atoms with E-state index in [4.69, 9.17) is 11.6 Å². The highest BCUT2D eigenvalue weighted by Gasteiger charge is 2.28. The zero-order valence-corrected chi connectivity index (χ0v) is 13.1. The lowest BCUT2D eigenvalue weighted by Crippen LogP contribution is -2.24. The van der Waals surface area contributed by atoms with Gasteiger partial charge in [-0.05, 0) is 18.3 Å². The molecule has 1 aromatic heterocycles. The average Bonchev–Trinajstić information content (AvgIpc) is 2.72. The van der Waals surface area contributed by atoms with Crippen LogP contribution in [-0.2, 0) is 5.41 Å². The average molecular weight is 282 g/mol. The van der Waals surface area contributed by atoms with E-state index in [2.05, 4.69) is 43.0 Å². The Kier molecular flexibility index (Phi) is 4.05. The molecule has 1 aliphatic carbocycles. The van der Waals surface area contributed by atoms with Crippen LogP contribution in [0.1, 0.15) is 59.2 Å². The lowest BCUT2D eigenvalue weighted by atomic mass is 9.89. The summed E-state index contributed by atoms with van der Waals surface area (Å²) in [6.07, 6.45) is 5.28. The highest BCUT2D eigenvalue weighted by Crippen LogP contribution is 2.37. The molecule has 1 heterocycles. The van der Waals surface area contributed by atoms with Crippen LogP contribution in [0.3, 0.4) is 0 Å². The van der Waals surface area contributed by atoms with Crippen molar-refractivity contribution in [2.75, 3.05) is 11.9 Å². The number of hydrogen-bond donors (Lipinski definition) is 1.